The van der Waals surface area contributed by atoms with E-state index in [-0.39, 0.29) is 18.1 Å². The highest BCUT2D eigenvalue weighted by Gasteiger charge is 2.32. The molecular weight excluding hydrogens is 346 g/mol. The molecule has 1 aromatic rings. The Balaban J connectivity index is 2.15. The van der Waals surface area contributed by atoms with Gasteiger partial charge in [0, 0.05) is 39.4 Å². The van der Waals surface area contributed by atoms with E-state index in [0.29, 0.717) is 37.2 Å². The van der Waals surface area contributed by atoms with Crippen LogP contribution in [0.1, 0.15) is 27.2 Å². The van der Waals surface area contributed by atoms with Crippen molar-refractivity contribution in [1.29, 1.82) is 0 Å². The number of rotatable bonds is 4. The maximum Gasteiger partial charge on any atom is 0.410 e. The van der Waals surface area contributed by atoms with Gasteiger partial charge in [-0.25, -0.2) is 9.78 Å². The molecule has 0 aliphatic carbocycles. The molecule has 1 aromatic heterocycles. The van der Waals surface area contributed by atoms with Gasteiger partial charge in [0.2, 0.25) is 5.95 Å². The lowest BCUT2D eigenvalue weighted by Crippen LogP contribution is -2.56. The summed E-state index contributed by atoms with van der Waals surface area (Å²) in [4.78, 5) is 24.3. The van der Waals surface area contributed by atoms with Crippen LogP contribution in [0.3, 0.4) is 0 Å². The number of amides is 1. The fraction of sp³-hybridized carbons (Fsp3) is 0.688. The van der Waals surface area contributed by atoms with E-state index in [0.717, 1.165) is 6.42 Å². The van der Waals surface area contributed by atoms with Crippen LogP contribution in [-0.4, -0.2) is 66.0 Å². The summed E-state index contributed by atoms with van der Waals surface area (Å²) in [6.07, 6.45) is 0.423. The molecule has 1 atom stereocenters. The maximum absolute atomic E-state index is 12.4. The van der Waals surface area contributed by atoms with Crippen LogP contribution in [-0.2, 0) is 9.47 Å². The molecule has 1 saturated heterocycles. The summed E-state index contributed by atoms with van der Waals surface area (Å²) in [6, 6.07) is 1.70. The van der Waals surface area contributed by atoms with E-state index in [1.54, 1.807) is 18.1 Å². The minimum atomic E-state index is -0.523. The highest BCUT2D eigenvalue weighted by atomic mass is 35.5. The van der Waals surface area contributed by atoms with E-state index in [1.165, 1.54) is 0 Å². The second-order valence-electron chi connectivity index (χ2n) is 6.96. The zero-order valence-corrected chi connectivity index (χ0v) is 15.9. The van der Waals surface area contributed by atoms with Crippen molar-refractivity contribution in [3.63, 3.8) is 0 Å². The Bertz CT molecular complexity index is 588. The van der Waals surface area contributed by atoms with Crippen LogP contribution in [0.25, 0.3) is 0 Å². The van der Waals surface area contributed by atoms with Crippen molar-refractivity contribution in [1.82, 2.24) is 14.9 Å². The largest absolute Gasteiger partial charge is 0.444 e. The normalized spacial score (nSPS) is 18.4. The first kappa shape index (κ1) is 19.5. The van der Waals surface area contributed by atoms with E-state index < -0.39 is 5.60 Å². The number of nitrogens with zero attached hydrogens (tertiary/aromatic N) is 4. The minimum Gasteiger partial charge on any atom is -0.444 e. The lowest BCUT2D eigenvalue weighted by Gasteiger charge is -2.42. The summed E-state index contributed by atoms with van der Waals surface area (Å²) in [7, 11) is 1.65. The zero-order chi connectivity index (χ0) is 18.6. The first-order chi connectivity index (χ1) is 11.7. The summed E-state index contributed by atoms with van der Waals surface area (Å²) in [5.74, 6) is 0.782. The molecule has 2 heterocycles. The third-order valence-electron chi connectivity index (χ3n) is 3.78. The highest BCUT2D eigenvalue weighted by Crippen LogP contribution is 2.24. The molecule has 2 rings (SSSR count). The Morgan fingerprint density at radius 2 is 2.12 bits per heavy atom. The monoisotopic (exact) mass is 371 g/mol. The van der Waals surface area contributed by atoms with Gasteiger partial charge in [0.25, 0.3) is 0 Å². The number of ether oxygens (including phenoxy) is 2. The van der Waals surface area contributed by atoms with Gasteiger partial charge in [-0.05, 0) is 27.2 Å². The average molecular weight is 372 g/mol. The Hall–Kier alpha value is -1.80. The van der Waals surface area contributed by atoms with E-state index in [1.807, 2.05) is 20.8 Å². The number of carbonyl (C=O) groups excluding carboxylic acids is 1. The third-order valence-corrected chi connectivity index (χ3v) is 3.98. The fourth-order valence-corrected chi connectivity index (χ4v) is 2.90. The van der Waals surface area contributed by atoms with Gasteiger partial charge in [0.15, 0.2) is 0 Å². The molecule has 8 nitrogen and oxygen atoms in total. The number of anilines is 2. The zero-order valence-electron chi connectivity index (χ0n) is 15.2. The van der Waals surface area contributed by atoms with Crippen LogP contribution in [0, 0.1) is 0 Å². The number of hydrogen-bond donors (Lipinski definition) is 1. The fourth-order valence-electron chi connectivity index (χ4n) is 2.72. The summed E-state index contributed by atoms with van der Waals surface area (Å²) < 4.78 is 10.7. The average Bonchev–Trinajstić information content (AvgIpc) is 2.50. The molecule has 0 saturated carbocycles. The predicted octanol–water partition coefficient (Wildman–Crippen LogP) is 2.17. The molecule has 1 aliphatic rings. The van der Waals surface area contributed by atoms with Crippen molar-refractivity contribution >= 4 is 29.5 Å². The number of methoxy groups -OCH3 is 1. The molecule has 1 unspecified atom stereocenters. The molecule has 1 fully saturated rings. The van der Waals surface area contributed by atoms with Crippen molar-refractivity contribution in [2.45, 2.75) is 38.8 Å². The van der Waals surface area contributed by atoms with Crippen LogP contribution in [0.4, 0.5) is 16.6 Å². The number of hydrogen-bond acceptors (Lipinski definition) is 7. The molecule has 1 aliphatic heterocycles. The summed E-state index contributed by atoms with van der Waals surface area (Å²) in [6.45, 7) is 7.78. The minimum absolute atomic E-state index is 0.0200. The Labute approximate surface area is 153 Å². The number of aromatic nitrogens is 2. The summed E-state index contributed by atoms with van der Waals surface area (Å²) in [5, 5.41) is 0.294. The second kappa shape index (κ2) is 8.05. The number of carbonyl (C=O) groups is 1. The van der Waals surface area contributed by atoms with E-state index in [2.05, 4.69) is 14.9 Å². The van der Waals surface area contributed by atoms with Gasteiger partial charge >= 0.3 is 6.09 Å². The van der Waals surface area contributed by atoms with Gasteiger partial charge < -0.3 is 25.0 Å². The first-order valence-electron chi connectivity index (χ1n) is 8.23. The van der Waals surface area contributed by atoms with Crippen molar-refractivity contribution < 1.29 is 14.3 Å². The van der Waals surface area contributed by atoms with Crippen molar-refractivity contribution in [3.05, 3.63) is 11.2 Å². The number of halogens is 1. The standard InChI is InChI=1S/C16H26ClN5O3/c1-16(2,3)25-15(23)21-6-7-22(11(10-21)5-8-24-4)13-9-12(17)19-14(18)20-13/h9,11H,5-8,10H2,1-4H3,(H2,18,19,20). The van der Waals surface area contributed by atoms with E-state index >= 15 is 0 Å². The predicted molar refractivity (Wildman–Crippen MR) is 96.9 cm³/mol. The molecule has 0 spiro atoms. The number of nitrogen functional groups attached to an aromatic ring is 1. The van der Waals surface area contributed by atoms with Gasteiger partial charge in [-0.15, -0.1) is 0 Å². The van der Waals surface area contributed by atoms with Gasteiger partial charge in [-0.1, -0.05) is 11.6 Å². The van der Waals surface area contributed by atoms with Crippen LogP contribution in [0.2, 0.25) is 5.15 Å². The quantitative estimate of drug-likeness (QED) is 0.810. The maximum atomic E-state index is 12.4. The van der Waals surface area contributed by atoms with E-state index in [4.69, 9.17) is 26.8 Å². The Morgan fingerprint density at radius 3 is 2.72 bits per heavy atom. The SMILES string of the molecule is COCCC1CN(C(=O)OC(C)(C)C)CCN1c1cc(Cl)nc(N)n1. The molecule has 2 N–H and O–H groups in total. The Kier molecular flexibility index (Phi) is 6.29. The highest BCUT2D eigenvalue weighted by molar-refractivity contribution is 6.29. The lowest BCUT2D eigenvalue weighted by atomic mass is 10.1. The number of nitrogens with two attached hydrogens (primary N) is 1. The van der Waals surface area contributed by atoms with Gasteiger partial charge in [-0.2, -0.15) is 4.98 Å². The van der Waals surface area contributed by atoms with Crippen LogP contribution in [0.5, 0.6) is 0 Å². The number of piperazine rings is 1. The van der Waals surface area contributed by atoms with Gasteiger partial charge in [0.05, 0.1) is 6.04 Å². The first-order valence-corrected chi connectivity index (χ1v) is 8.61. The van der Waals surface area contributed by atoms with Crippen molar-refractivity contribution in [2.24, 2.45) is 0 Å². The summed E-state index contributed by atoms with van der Waals surface area (Å²) >= 11 is 6.01. The lowest BCUT2D eigenvalue weighted by molar-refractivity contribution is 0.0204. The molecular formula is C16H26ClN5O3. The molecule has 9 heteroatoms. The molecule has 0 radical (unpaired) electrons. The van der Waals surface area contributed by atoms with Gasteiger partial charge in [0.1, 0.15) is 16.6 Å². The topological polar surface area (TPSA) is 93.8 Å². The molecule has 0 aromatic carbocycles. The van der Waals surface area contributed by atoms with E-state index in [9.17, 15) is 4.79 Å². The van der Waals surface area contributed by atoms with Crippen LogP contribution < -0.4 is 10.6 Å². The van der Waals surface area contributed by atoms with Crippen LogP contribution in [0.15, 0.2) is 6.07 Å². The second-order valence-corrected chi connectivity index (χ2v) is 7.35. The van der Waals surface area contributed by atoms with Crippen LogP contribution >= 0.6 is 11.6 Å². The molecule has 0 bridgehead atoms. The molecule has 1 amide bonds. The Morgan fingerprint density at radius 1 is 1.40 bits per heavy atom. The van der Waals surface area contributed by atoms with Gasteiger partial charge in [-0.3, -0.25) is 0 Å². The van der Waals surface area contributed by atoms with Crippen molar-refractivity contribution in [2.75, 3.05) is 44.0 Å². The summed E-state index contributed by atoms with van der Waals surface area (Å²) in [5.41, 5.74) is 5.19. The van der Waals surface area contributed by atoms with Crippen molar-refractivity contribution in [3.8, 4) is 0 Å². The smallest absolute Gasteiger partial charge is 0.410 e. The molecule has 140 valence electrons. The molecule has 25 heavy (non-hydrogen) atoms. The third kappa shape index (κ3) is 5.61.